The summed E-state index contributed by atoms with van der Waals surface area (Å²) in [6.07, 6.45) is 0.589. The number of para-hydroxylation sites is 1. The molecule has 2 heterocycles. The third-order valence-corrected chi connectivity index (χ3v) is 5.93. The molecular formula is C22H21F3N4O4S. The van der Waals surface area contributed by atoms with Gasteiger partial charge in [0.25, 0.3) is 5.91 Å². The van der Waals surface area contributed by atoms with Crippen LogP contribution >= 0.6 is 0 Å². The SMILES string of the molecule is CS(=O)(=O)/C=C/[C@@H](NC(=O)c1ccc(C(F)(F)F)nc1NCc1cccc2ocnc12)C1CC1. The monoisotopic (exact) mass is 494 g/mol. The molecule has 8 nitrogen and oxygen atoms in total. The van der Waals surface area contributed by atoms with Crippen LogP contribution in [0.25, 0.3) is 11.1 Å². The number of nitrogens with one attached hydrogen (secondary N) is 2. The first kappa shape index (κ1) is 23.7. The van der Waals surface area contributed by atoms with E-state index in [1.807, 2.05) is 0 Å². The van der Waals surface area contributed by atoms with Gasteiger partial charge >= 0.3 is 6.18 Å². The lowest BCUT2D eigenvalue weighted by molar-refractivity contribution is -0.141. The van der Waals surface area contributed by atoms with E-state index in [1.54, 1.807) is 18.2 Å². The number of carbonyl (C=O) groups is 1. The standard InChI is InChI=1S/C22H21F3N4O4S/c1-34(31,32)10-9-16(13-5-6-13)28-21(30)15-7-8-18(22(23,24)25)29-20(15)26-11-14-3-2-4-17-19(14)27-12-33-17/h2-4,7-10,12-13,16H,5-6,11H2,1H3,(H,26,29)(H,28,30)/b10-9+/t16-/m1/s1. The Hall–Kier alpha value is -3.41. The summed E-state index contributed by atoms with van der Waals surface area (Å²) >= 11 is 0. The number of carbonyl (C=O) groups excluding carboxylic acids is 1. The smallest absolute Gasteiger partial charge is 0.433 e. The molecule has 0 bridgehead atoms. The van der Waals surface area contributed by atoms with E-state index >= 15 is 0 Å². The van der Waals surface area contributed by atoms with Gasteiger partial charge in [-0.25, -0.2) is 18.4 Å². The van der Waals surface area contributed by atoms with E-state index in [0.29, 0.717) is 16.7 Å². The quantitative estimate of drug-likeness (QED) is 0.488. The molecule has 34 heavy (non-hydrogen) atoms. The van der Waals surface area contributed by atoms with Crippen LogP contribution < -0.4 is 10.6 Å². The summed E-state index contributed by atoms with van der Waals surface area (Å²) in [4.78, 5) is 20.7. The Bertz CT molecular complexity index is 1350. The molecule has 0 unspecified atom stereocenters. The Balaban J connectivity index is 1.61. The topological polar surface area (TPSA) is 114 Å². The number of pyridine rings is 1. The number of benzene rings is 1. The first-order valence-corrected chi connectivity index (χ1v) is 12.3. The minimum absolute atomic E-state index is 0.0402. The number of sulfone groups is 1. The first-order chi connectivity index (χ1) is 16.0. The van der Waals surface area contributed by atoms with Crippen molar-refractivity contribution in [2.75, 3.05) is 11.6 Å². The van der Waals surface area contributed by atoms with Gasteiger partial charge < -0.3 is 15.1 Å². The van der Waals surface area contributed by atoms with E-state index in [1.165, 1.54) is 12.5 Å². The summed E-state index contributed by atoms with van der Waals surface area (Å²) in [7, 11) is -3.40. The Morgan fingerprint density at radius 2 is 2.03 bits per heavy atom. The minimum atomic E-state index is -4.70. The summed E-state index contributed by atoms with van der Waals surface area (Å²) < 4.78 is 68.1. The van der Waals surface area contributed by atoms with Crippen molar-refractivity contribution < 1.29 is 30.8 Å². The van der Waals surface area contributed by atoms with Gasteiger partial charge in [0.1, 0.15) is 17.0 Å². The van der Waals surface area contributed by atoms with Crippen LogP contribution in [0.5, 0.6) is 0 Å². The molecule has 1 aromatic carbocycles. The van der Waals surface area contributed by atoms with Crippen LogP contribution in [0.2, 0.25) is 0 Å². The molecule has 0 saturated heterocycles. The van der Waals surface area contributed by atoms with Gasteiger partial charge in [-0.15, -0.1) is 0 Å². The number of fused-ring (bicyclic) bond motifs is 1. The molecule has 4 rings (SSSR count). The number of amides is 1. The molecule has 1 amide bonds. The Morgan fingerprint density at radius 3 is 2.71 bits per heavy atom. The first-order valence-electron chi connectivity index (χ1n) is 10.3. The average Bonchev–Trinajstić information content (AvgIpc) is 3.49. The van der Waals surface area contributed by atoms with E-state index < -0.39 is 33.7 Å². The predicted octanol–water partition coefficient (Wildman–Crippen LogP) is 3.92. The number of hydrogen-bond acceptors (Lipinski definition) is 7. The zero-order chi connectivity index (χ0) is 24.5. The molecule has 0 aliphatic heterocycles. The van der Waals surface area contributed by atoms with Crippen LogP contribution in [0, 0.1) is 5.92 Å². The van der Waals surface area contributed by atoms with Crippen LogP contribution in [-0.4, -0.2) is 36.6 Å². The molecule has 1 aliphatic rings. The van der Waals surface area contributed by atoms with Crippen LogP contribution in [0.1, 0.15) is 34.5 Å². The van der Waals surface area contributed by atoms with Crippen LogP contribution in [0.4, 0.5) is 19.0 Å². The maximum absolute atomic E-state index is 13.3. The number of halogens is 3. The van der Waals surface area contributed by atoms with Gasteiger partial charge in [0.15, 0.2) is 21.8 Å². The second-order valence-electron chi connectivity index (χ2n) is 8.05. The van der Waals surface area contributed by atoms with Crippen molar-refractivity contribution in [3.63, 3.8) is 0 Å². The summed E-state index contributed by atoms with van der Waals surface area (Å²) in [6, 6.07) is 6.36. The minimum Gasteiger partial charge on any atom is -0.443 e. The highest BCUT2D eigenvalue weighted by molar-refractivity contribution is 7.93. The van der Waals surface area contributed by atoms with Crippen molar-refractivity contribution in [2.45, 2.75) is 31.6 Å². The highest BCUT2D eigenvalue weighted by Crippen LogP contribution is 2.34. The molecule has 0 radical (unpaired) electrons. The highest BCUT2D eigenvalue weighted by Gasteiger charge is 2.35. The number of hydrogen-bond donors (Lipinski definition) is 2. The summed E-state index contributed by atoms with van der Waals surface area (Å²) in [5.41, 5.74) is 0.441. The molecule has 2 aromatic heterocycles. The van der Waals surface area contributed by atoms with Gasteiger partial charge in [0.2, 0.25) is 0 Å². The van der Waals surface area contributed by atoms with Crippen LogP contribution in [-0.2, 0) is 22.6 Å². The van der Waals surface area contributed by atoms with Crippen molar-refractivity contribution in [3.8, 4) is 0 Å². The number of oxazole rings is 1. The van der Waals surface area contributed by atoms with Gasteiger partial charge in [-0.1, -0.05) is 18.2 Å². The van der Waals surface area contributed by atoms with Gasteiger partial charge in [-0.05, 0) is 37.0 Å². The van der Waals surface area contributed by atoms with Gasteiger partial charge in [-0.3, -0.25) is 4.79 Å². The molecule has 12 heteroatoms. The normalized spacial score (nSPS) is 15.5. The van der Waals surface area contributed by atoms with Gasteiger partial charge in [0.05, 0.1) is 11.6 Å². The third kappa shape index (κ3) is 5.74. The average molecular weight is 494 g/mol. The largest absolute Gasteiger partial charge is 0.443 e. The van der Waals surface area contributed by atoms with Crippen molar-refractivity contribution in [1.29, 1.82) is 0 Å². The van der Waals surface area contributed by atoms with Crippen LogP contribution in [0.3, 0.4) is 0 Å². The zero-order valence-electron chi connectivity index (χ0n) is 18.0. The molecule has 1 aliphatic carbocycles. The fourth-order valence-corrected chi connectivity index (χ4v) is 3.89. The molecule has 1 atom stereocenters. The Labute approximate surface area is 193 Å². The second kappa shape index (κ2) is 9.09. The van der Waals surface area contributed by atoms with E-state index in [-0.39, 0.29) is 23.8 Å². The lowest BCUT2D eigenvalue weighted by Crippen LogP contribution is -2.35. The van der Waals surface area contributed by atoms with E-state index in [2.05, 4.69) is 20.6 Å². The lowest BCUT2D eigenvalue weighted by atomic mass is 10.1. The fourth-order valence-electron chi connectivity index (χ4n) is 3.44. The molecule has 2 N–H and O–H groups in total. The number of alkyl halides is 3. The maximum Gasteiger partial charge on any atom is 0.433 e. The second-order valence-corrected chi connectivity index (χ2v) is 9.99. The molecule has 180 valence electrons. The highest BCUT2D eigenvalue weighted by atomic mass is 32.2. The van der Waals surface area contributed by atoms with Gasteiger partial charge in [0, 0.05) is 23.8 Å². The fraction of sp³-hybridized carbons (Fsp3) is 0.318. The third-order valence-electron chi connectivity index (χ3n) is 5.28. The molecule has 1 saturated carbocycles. The number of nitrogens with zero attached hydrogens (tertiary/aromatic N) is 2. The number of aromatic nitrogens is 2. The van der Waals surface area contributed by atoms with Crippen molar-refractivity contribution in [3.05, 3.63) is 65.0 Å². The van der Waals surface area contributed by atoms with E-state index in [4.69, 9.17) is 4.42 Å². The Kier molecular flexibility index (Phi) is 6.34. The molecule has 0 spiro atoms. The number of rotatable bonds is 8. The van der Waals surface area contributed by atoms with E-state index in [9.17, 15) is 26.4 Å². The van der Waals surface area contributed by atoms with E-state index in [0.717, 1.165) is 36.6 Å². The zero-order valence-corrected chi connectivity index (χ0v) is 18.8. The lowest BCUT2D eigenvalue weighted by Gasteiger charge is -2.17. The maximum atomic E-state index is 13.3. The Morgan fingerprint density at radius 1 is 1.26 bits per heavy atom. The van der Waals surface area contributed by atoms with Crippen molar-refractivity contribution in [2.24, 2.45) is 5.92 Å². The van der Waals surface area contributed by atoms with Crippen molar-refractivity contribution >= 4 is 32.7 Å². The number of anilines is 1. The summed E-state index contributed by atoms with van der Waals surface area (Å²) in [5.74, 6) is -0.863. The molecule has 1 fully saturated rings. The summed E-state index contributed by atoms with van der Waals surface area (Å²) in [6.45, 7) is 0.0402. The van der Waals surface area contributed by atoms with Gasteiger partial charge in [-0.2, -0.15) is 13.2 Å². The summed E-state index contributed by atoms with van der Waals surface area (Å²) in [5, 5.41) is 6.54. The predicted molar refractivity (Wildman–Crippen MR) is 119 cm³/mol. The van der Waals surface area contributed by atoms with Crippen molar-refractivity contribution in [1.82, 2.24) is 15.3 Å². The molecular weight excluding hydrogens is 473 g/mol. The van der Waals surface area contributed by atoms with Crippen LogP contribution in [0.15, 0.2) is 52.6 Å². The molecule has 3 aromatic rings.